The molecular formula is C27H25N3O2S. The summed E-state index contributed by atoms with van der Waals surface area (Å²) in [6.07, 6.45) is 1.09. The number of nitrogens with zero attached hydrogens (tertiary/aromatic N) is 3. The van der Waals surface area contributed by atoms with Crippen molar-refractivity contribution in [3.63, 3.8) is 0 Å². The van der Waals surface area contributed by atoms with Crippen molar-refractivity contribution in [1.82, 2.24) is 4.90 Å². The van der Waals surface area contributed by atoms with Gasteiger partial charge in [-0.3, -0.25) is 24.3 Å². The van der Waals surface area contributed by atoms with Crippen LogP contribution in [0.15, 0.2) is 84.9 Å². The summed E-state index contributed by atoms with van der Waals surface area (Å²) in [4.78, 5) is 32.1. The number of fused-ring (bicyclic) bond motifs is 2. The van der Waals surface area contributed by atoms with E-state index in [9.17, 15) is 9.59 Å². The monoisotopic (exact) mass is 455 g/mol. The van der Waals surface area contributed by atoms with Crippen molar-refractivity contribution in [3.8, 4) is 0 Å². The van der Waals surface area contributed by atoms with Crippen molar-refractivity contribution in [2.24, 2.45) is 0 Å². The molecule has 6 rings (SSSR count). The molecule has 0 radical (unpaired) electrons. The standard InChI is InChI=1S/C27H25N3O2S/c31-25-18-33-27(30(25)22-11-5-2-6-12-22)23-13-7-8-14-24(23)29(26(27)32)19-28-16-15-21(17-28)20-9-3-1-4-10-20/h1-14,21H,15-19H2. The van der Waals surface area contributed by atoms with E-state index in [-0.39, 0.29) is 11.8 Å². The fourth-order valence-electron chi connectivity index (χ4n) is 5.43. The molecule has 3 aromatic carbocycles. The van der Waals surface area contributed by atoms with Crippen LogP contribution >= 0.6 is 11.8 Å². The van der Waals surface area contributed by atoms with Crippen LogP contribution in [0.5, 0.6) is 0 Å². The predicted octanol–water partition coefficient (Wildman–Crippen LogP) is 4.41. The molecule has 0 saturated carbocycles. The third kappa shape index (κ3) is 3.20. The highest BCUT2D eigenvalue weighted by molar-refractivity contribution is 8.02. The summed E-state index contributed by atoms with van der Waals surface area (Å²) in [5.74, 6) is 0.729. The Morgan fingerprint density at radius 2 is 1.58 bits per heavy atom. The molecule has 2 fully saturated rings. The summed E-state index contributed by atoms with van der Waals surface area (Å²) >= 11 is 1.44. The van der Waals surface area contributed by atoms with Gasteiger partial charge in [0.15, 0.2) is 0 Å². The highest BCUT2D eigenvalue weighted by Gasteiger charge is 2.61. The normalized spacial score (nSPS) is 24.8. The smallest absolute Gasteiger partial charge is 0.269 e. The quantitative estimate of drug-likeness (QED) is 0.585. The highest BCUT2D eigenvalue weighted by Crippen LogP contribution is 2.55. The second-order valence-corrected chi connectivity index (χ2v) is 10.0. The molecule has 1 spiro atoms. The summed E-state index contributed by atoms with van der Waals surface area (Å²) in [5, 5.41) is 0. The van der Waals surface area contributed by atoms with Crippen molar-refractivity contribution in [2.75, 3.05) is 35.3 Å². The van der Waals surface area contributed by atoms with Crippen LogP contribution in [0.25, 0.3) is 0 Å². The maximum Gasteiger partial charge on any atom is 0.269 e. The van der Waals surface area contributed by atoms with Gasteiger partial charge in [0.05, 0.1) is 18.1 Å². The lowest BCUT2D eigenvalue weighted by molar-refractivity contribution is -0.123. The first kappa shape index (κ1) is 20.5. The minimum Gasteiger partial charge on any atom is -0.295 e. The maximum atomic E-state index is 14.1. The topological polar surface area (TPSA) is 43.9 Å². The number of carbonyl (C=O) groups excluding carboxylic acids is 2. The number of benzene rings is 3. The van der Waals surface area contributed by atoms with E-state index in [2.05, 4.69) is 35.2 Å². The summed E-state index contributed by atoms with van der Waals surface area (Å²) in [6.45, 7) is 2.42. The van der Waals surface area contributed by atoms with E-state index < -0.39 is 4.87 Å². The van der Waals surface area contributed by atoms with E-state index in [1.165, 1.54) is 17.3 Å². The maximum absolute atomic E-state index is 14.1. The predicted molar refractivity (Wildman–Crippen MR) is 132 cm³/mol. The van der Waals surface area contributed by atoms with Gasteiger partial charge in [-0.1, -0.05) is 66.7 Å². The van der Waals surface area contributed by atoms with Crippen LogP contribution in [0.2, 0.25) is 0 Å². The molecule has 6 heteroatoms. The fourth-order valence-corrected chi connectivity index (χ4v) is 6.79. The molecule has 0 aliphatic carbocycles. The first-order valence-corrected chi connectivity index (χ1v) is 12.4. The lowest BCUT2D eigenvalue weighted by Gasteiger charge is -2.33. The number of anilines is 2. The van der Waals surface area contributed by atoms with Gasteiger partial charge in [0.2, 0.25) is 10.8 Å². The average molecular weight is 456 g/mol. The molecule has 3 heterocycles. The van der Waals surface area contributed by atoms with Crippen molar-refractivity contribution in [1.29, 1.82) is 0 Å². The largest absolute Gasteiger partial charge is 0.295 e. The zero-order chi connectivity index (χ0) is 22.4. The van der Waals surface area contributed by atoms with Crippen LogP contribution in [0.4, 0.5) is 11.4 Å². The zero-order valence-electron chi connectivity index (χ0n) is 18.3. The van der Waals surface area contributed by atoms with Crippen LogP contribution in [0.3, 0.4) is 0 Å². The summed E-state index contributed by atoms with van der Waals surface area (Å²) < 4.78 is 0. The van der Waals surface area contributed by atoms with Gasteiger partial charge in [-0.2, -0.15) is 0 Å². The molecule has 0 N–H and O–H groups in total. The third-order valence-electron chi connectivity index (χ3n) is 6.96. The Kier molecular flexibility index (Phi) is 5.00. The van der Waals surface area contributed by atoms with Crippen LogP contribution in [0.1, 0.15) is 23.5 Å². The van der Waals surface area contributed by atoms with Gasteiger partial charge in [0, 0.05) is 24.3 Å². The van der Waals surface area contributed by atoms with Gasteiger partial charge in [0.1, 0.15) is 0 Å². The molecule has 0 bridgehead atoms. The van der Waals surface area contributed by atoms with Crippen molar-refractivity contribution >= 4 is 35.0 Å². The van der Waals surface area contributed by atoms with Crippen molar-refractivity contribution in [2.45, 2.75) is 17.2 Å². The summed E-state index contributed by atoms with van der Waals surface area (Å²) in [6, 6.07) is 28.2. The number of para-hydroxylation sites is 2. The number of amides is 2. The summed E-state index contributed by atoms with van der Waals surface area (Å²) in [7, 11) is 0. The molecule has 2 atom stereocenters. The van der Waals surface area contributed by atoms with E-state index in [1.807, 2.05) is 59.5 Å². The van der Waals surface area contributed by atoms with Crippen LogP contribution in [-0.2, 0) is 14.5 Å². The number of carbonyl (C=O) groups is 2. The van der Waals surface area contributed by atoms with E-state index in [1.54, 1.807) is 4.90 Å². The molecule has 3 aliphatic rings. The number of hydrogen-bond donors (Lipinski definition) is 0. The van der Waals surface area contributed by atoms with E-state index in [0.29, 0.717) is 18.3 Å². The van der Waals surface area contributed by atoms with E-state index in [0.717, 1.165) is 36.4 Å². The van der Waals surface area contributed by atoms with Crippen LogP contribution < -0.4 is 9.80 Å². The Morgan fingerprint density at radius 3 is 2.36 bits per heavy atom. The van der Waals surface area contributed by atoms with Gasteiger partial charge >= 0.3 is 0 Å². The SMILES string of the molecule is O=C1CSC2(C(=O)N(CN3CCC(c4ccccc4)C3)c3ccccc32)N1c1ccccc1. The molecule has 2 amide bonds. The molecule has 3 aliphatic heterocycles. The molecule has 166 valence electrons. The Balaban J connectivity index is 1.33. The molecule has 2 unspecified atom stereocenters. The first-order valence-electron chi connectivity index (χ1n) is 11.4. The number of hydrogen-bond acceptors (Lipinski definition) is 4. The third-order valence-corrected chi connectivity index (χ3v) is 8.35. The molecule has 3 aromatic rings. The van der Waals surface area contributed by atoms with Crippen LogP contribution in [0, 0.1) is 0 Å². The zero-order valence-corrected chi connectivity index (χ0v) is 19.1. The van der Waals surface area contributed by atoms with Gasteiger partial charge in [-0.15, -0.1) is 11.8 Å². The first-order chi connectivity index (χ1) is 16.2. The lowest BCUT2D eigenvalue weighted by atomic mass is 9.99. The fraction of sp³-hybridized carbons (Fsp3) is 0.259. The Morgan fingerprint density at radius 1 is 0.879 bits per heavy atom. The van der Waals surface area contributed by atoms with Crippen molar-refractivity contribution in [3.05, 3.63) is 96.1 Å². The number of likely N-dealkylation sites (tertiary alicyclic amines) is 1. The highest BCUT2D eigenvalue weighted by atomic mass is 32.2. The van der Waals surface area contributed by atoms with Gasteiger partial charge in [-0.05, 0) is 36.1 Å². The molecular weight excluding hydrogens is 430 g/mol. The second kappa shape index (κ2) is 8.04. The summed E-state index contributed by atoms with van der Waals surface area (Å²) in [5.41, 5.74) is 3.95. The number of thioether (sulfide) groups is 1. The minimum atomic E-state index is -1.03. The lowest BCUT2D eigenvalue weighted by Crippen LogP contribution is -2.51. The van der Waals surface area contributed by atoms with Crippen LogP contribution in [-0.4, -0.2) is 42.2 Å². The Bertz CT molecular complexity index is 1200. The molecule has 0 aromatic heterocycles. The van der Waals surface area contributed by atoms with E-state index >= 15 is 0 Å². The minimum absolute atomic E-state index is 0.0217. The van der Waals surface area contributed by atoms with E-state index in [4.69, 9.17) is 0 Å². The van der Waals surface area contributed by atoms with Gasteiger partial charge in [-0.25, -0.2) is 0 Å². The average Bonchev–Trinajstić information content (AvgIpc) is 3.53. The number of rotatable bonds is 4. The molecule has 2 saturated heterocycles. The van der Waals surface area contributed by atoms with Gasteiger partial charge < -0.3 is 0 Å². The molecule has 33 heavy (non-hydrogen) atoms. The van der Waals surface area contributed by atoms with Gasteiger partial charge in [0.25, 0.3) is 5.91 Å². The molecule has 5 nitrogen and oxygen atoms in total. The Hall–Kier alpha value is -3.09. The second-order valence-electron chi connectivity index (χ2n) is 8.86. The Labute approximate surface area is 198 Å². The van der Waals surface area contributed by atoms with Crippen molar-refractivity contribution < 1.29 is 9.59 Å².